The van der Waals surface area contributed by atoms with E-state index < -0.39 is 21.0 Å². The molecule has 0 rings (SSSR count). The SMILES string of the molecule is N#CC(S)C(C#N)SC(C#N)C(S)C#N. The minimum absolute atomic E-state index is 0.744. The van der Waals surface area contributed by atoms with E-state index in [-0.39, 0.29) is 0 Å². The van der Waals surface area contributed by atoms with Crippen LogP contribution in [0.15, 0.2) is 0 Å². The number of thioether (sulfide) groups is 1. The molecule has 0 spiro atoms. The summed E-state index contributed by atoms with van der Waals surface area (Å²) in [6.07, 6.45) is 0. The van der Waals surface area contributed by atoms with Crippen molar-refractivity contribution in [2.75, 3.05) is 0 Å². The van der Waals surface area contributed by atoms with Crippen molar-refractivity contribution in [2.45, 2.75) is 21.0 Å². The maximum absolute atomic E-state index is 8.74. The van der Waals surface area contributed by atoms with Gasteiger partial charge < -0.3 is 0 Å². The molecule has 0 aromatic heterocycles. The van der Waals surface area contributed by atoms with E-state index in [0.29, 0.717) is 0 Å². The van der Waals surface area contributed by atoms with Crippen LogP contribution in [0.5, 0.6) is 0 Å². The molecule has 0 aliphatic rings. The topological polar surface area (TPSA) is 95.2 Å². The lowest BCUT2D eigenvalue weighted by Gasteiger charge is -2.14. The molecule has 15 heavy (non-hydrogen) atoms. The predicted octanol–water partition coefficient (Wildman–Crippen LogP) is 1.15. The molecule has 0 aromatic carbocycles. The van der Waals surface area contributed by atoms with Crippen LogP contribution < -0.4 is 0 Å². The Balaban J connectivity index is 4.58. The minimum Gasteiger partial charge on any atom is -0.197 e. The van der Waals surface area contributed by atoms with E-state index in [9.17, 15) is 0 Å². The summed E-state index contributed by atoms with van der Waals surface area (Å²) in [6.45, 7) is 0. The summed E-state index contributed by atoms with van der Waals surface area (Å²) in [5.74, 6) is 0. The molecule has 0 saturated heterocycles. The highest BCUT2D eigenvalue weighted by atomic mass is 32.2. The van der Waals surface area contributed by atoms with Crippen LogP contribution in [0.3, 0.4) is 0 Å². The smallest absolute Gasteiger partial charge is 0.118 e. The zero-order valence-corrected chi connectivity index (χ0v) is 10.0. The lowest BCUT2D eigenvalue weighted by molar-refractivity contribution is 1.07. The van der Waals surface area contributed by atoms with Gasteiger partial charge in [-0.05, 0) is 0 Å². The van der Waals surface area contributed by atoms with Gasteiger partial charge in [0.15, 0.2) is 0 Å². The van der Waals surface area contributed by atoms with E-state index in [4.69, 9.17) is 21.0 Å². The molecular weight excluding hydrogens is 248 g/mol. The summed E-state index contributed by atoms with van der Waals surface area (Å²) in [5, 5.41) is 31.5. The van der Waals surface area contributed by atoms with E-state index in [0.717, 1.165) is 11.8 Å². The standard InChI is InChI=1S/C8H6N4S3/c9-1-5(13)7(3-11)15-8(4-12)6(14)2-10/h5-8,13-14H. The molecular formula is C8H6N4S3. The van der Waals surface area contributed by atoms with Gasteiger partial charge in [-0.2, -0.15) is 46.3 Å². The third-order valence-electron chi connectivity index (χ3n) is 1.39. The van der Waals surface area contributed by atoms with Crippen LogP contribution in [0.25, 0.3) is 0 Å². The Morgan fingerprint density at radius 3 is 1.27 bits per heavy atom. The highest BCUT2D eigenvalue weighted by molar-refractivity contribution is 8.02. The zero-order valence-electron chi connectivity index (χ0n) is 7.40. The molecule has 4 atom stereocenters. The molecule has 0 N–H and O–H groups in total. The van der Waals surface area contributed by atoms with Gasteiger partial charge in [0.1, 0.15) is 21.0 Å². The van der Waals surface area contributed by atoms with E-state index >= 15 is 0 Å². The lowest BCUT2D eigenvalue weighted by atomic mass is 10.3. The van der Waals surface area contributed by atoms with Crippen LogP contribution >= 0.6 is 37.0 Å². The number of thiol groups is 2. The maximum Gasteiger partial charge on any atom is 0.118 e. The number of hydrogen-bond acceptors (Lipinski definition) is 7. The Hall–Kier alpha value is -0.990. The van der Waals surface area contributed by atoms with Crippen molar-refractivity contribution in [3.63, 3.8) is 0 Å². The minimum atomic E-state index is -0.782. The molecule has 0 radical (unpaired) electrons. The second kappa shape index (κ2) is 7.32. The van der Waals surface area contributed by atoms with Crippen molar-refractivity contribution in [2.24, 2.45) is 0 Å². The molecule has 76 valence electrons. The van der Waals surface area contributed by atoms with Gasteiger partial charge in [0.25, 0.3) is 0 Å². The second-order valence-electron chi connectivity index (χ2n) is 2.38. The van der Waals surface area contributed by atoms with E-state index in [1.807, 2.05) is 12.1 Å². The van der Waals surface area contributed by atoms with Crippen LogP contribution in [-0.4, -0.2) is 21.0 Å². The summed E-state index contributed by atoms with van der Waals surface area (Å²) < 4.78 is 0. The molecule has 4 nitrogen and oxygen atoms in total. The van der Waals surface area contributed by atoms with Crippen LogP contribution in [0, 0.1) is 45.3 Å². The Morgan fingerprint density at radius 1 is 0.733 bits per heavy atom. The molecule has 0 heterocycles. The quantitative estimate of drug-likeness (QED) is 0.734. The van der Waals surface area contributed by atoms with Crippen LogP contribution in [0.1, 0.15) is 0 Å². The predicted molar refractivity (Wildman–Crippen MR) is 63.2 cm³/mol. The van der Waals surface area contributed by atoms with Crippen molar-refractivity contribution >= 4 is 37.0 Å². The van der Waals surface area contributed by atoms with Crippen molar-refractivity contribution in [3.05, 3.63) is 0 Å². The maximum atomic E-state index is 8.74. The van der Waals surface area contributed by atoms with Crippen LogP contribution in [-0.2, 0) is 0 Å². The summed E-state index contributed by atoms with van der Waals surface area (Å²) in [6, 6.07) is 7.34. The van der Waals surface area contributed by atoms with Crippen molar-refractivity contribution < 1.29 is 0 Å². The molecule has 0 aliphatic carbocycles. The molecule has 0 aliphatic heterocycles. The summed E-state index contributed by atoms with van der Waals surface area (Å²) >= 11 is 8.72. The Morgan fingerprint density at radius 2 is 1.07 bits per heavy atom. The zero-order chi connectivity index (χ0) is 11.8. The lowest BCUT2D eigenvalue weighted by Crippen LogP contribution is -2.22. The third kappa shape index (κ3) is 4.36. The fourth-order valence-corrected chi connectivity index (χ4v) is 2.06. The van der Waals surface area contributed by atoms with Gasteiger partial charge in [0, 0.05) is 0 Å². The normalized spacial score (nSPS) is 16.9. The largest absolute Gasteiger partial charge is 0.197 e. The first kappa shape index (κ1) is 14.0. The average Bonchev–Trinajstić information content (AvgIpc) is 2.28. The van der Waals surface area contributed by atoms with E-state index in [1.165, 1.54) is 0 Å². The number of nitrogens with zero attached hydrogens (tertiary/aromatic N) is 4. The third-order valence-corrected chi connectivity index (χ3v) is 3.96. The number of nitriles is 4. The number of hydrogen-bond donors (Lipinski definition) is 2. The van der Waals surface area contributed by atoms with Gasteiger partial charge in [0.2, 0.25) is 0 Å². The second-order valence-corrected chi connectivity index (χ2v) is 4.78. The molecule has 7 heteroatoms. The first-order valence-corrected chi connectivity index (χ1v) is 5.68. The van der Waals surface area contributed by atoms with Gasteiger partial charge in [-0.3, -0.25) is 0 Å². The first-order chi connectivity index (χ1) is 7.10. The van der Waals surface area contributed by atoms with Gasteiger partial charge >= 0.3 is 0 Å². The van der Waals surface area contributed by atoms with Crippen LogP contribution in [0.4, 0.5) is 0 Å². The molecule has 4 unspecified atom stereocenters. The monoisotopic (exact) mass is 254 g/mol. The Labute approximate surface area is 103 Å². The molecule has 0 aromatic rings. The van der Waals surface area contributed by atoms with Gasteiger partial charge in [0.05, 0.1) is 24.3 Å². The Bertz CT molecular complexity index is 333. The average molecular weight is 254 g/mol. The highest BCUT2D eigenvalue weighted by Gasteiger charge is 2.26. The van der Waals surface area contributed by atoms with Gasteiger partial charge in [-0.15, -0.1) is 11.8 Å². The van der Waals surface area contributed by atoms with Gasteiger partial charge in [-0.1, -0.05) is 0 Å². The fraction of sp³-hybridized carbons (Fsp3) is 0.500. The van der Waals surface area contributed by atoms with E-state index in [2.05, 4.69) is 25.3 Å². The van der Waals surface area contributed by atoms with Crippen molar-refractivity contribution in [3.8, 4) is 24.3 Å². The van der Waals surface area contributed by atoms with Gasteiger partial charge in [-0.25, -0.2) is 0 Å². The Kier molecular flexibility index (Phi) is 6.84. The van der Waals surface area contributed by atoms with Crippen molar-refractivity contribution in [1.29, 1.82) is 21.0 Å². The molecule has 0 bridgehead atoms. The van der Waals surface area contributed by atoms with E-state index in [1.54, 1.807) is 12.1 Å². The summed E-state index contributed by atoms with van der Waals surface area (Å²) in [5.41, 5.74) is 0. The van der Waals surface area contributed by atoms with Crippen LogP contribution in [0.2, 0.25) is 0 Å². The first-order valence-electron chi connectivity index (χ1n) is 3.70. The number of rotatable bonds is 4. The molecule has 0 saturated carbocycles. The molecule has 0 fully saturated rings. The van der Waals surface area contributed by atoms with Crippen molar-refractivity contribution in [1.82, 2.24) is 0 Å². The fourth-order valence-electron chi connectivity index (χ4n) is 0.644. The summed E-state index contributed by atoms with van der Waals surface area (Å²) in [4.78, 5) is 0. The molecule has 0 amide bonds. The summed E-state index contributed by atoms with van der Waals surface area (Å²) in [7, 11) is 0. The highest BCUT2D eigenvalue weighted by Crippen LogP contribution is 2.26.